The van der Waals surface area contributed by atoms with E-state index in [2.05, 4.69) is 27.1 Å². The molecule has 1 aromatic carbocycles. The van der Waals surface area contributed by atoms with Gasteiger partial charge in [-0.05, 0) is 49.9 Å². The molecular formula is C21H29N5O3S. The number of carbonyl (C=O) groups is 1. The Labute approximate surface area is 178 Å². The van der Waals surface area contributed by atoms with Crippen LogP contribution in [-0.4, -0.2) is 36.9 Å². The van der Waals surface area contributed by atoms with E-state index in [1.165, 1.54) is 43.8 Å². The number of hydrogen-bond donors (Lipinski definition) is 2. The number of aromatic nitrogens is 2. The summed E-state index contributed by atoms with van der Waals surface area (Å²) in [5.74, 6) is 0.399. The second-order valence-electron chi connectivity index (χ2n) is 7.72. The highest BCUT2D eigenvalue weighted by molar-refractivity contribution is 7.89. The molecule has 0 spiro atoms. The van der Waals surface area contributed by atoms with Crippen molar-refractivity contribution in [1.82, 2.24) is 9.97 Å². The van der Waals surface area contributed by atoms with Gasteiger partial charge in [0, 0.05) is 24.3 Å². The zero-order valence-corrected chi connectivity index (χ0v) is 18.3. The normalized spacial score (nSPS) is 15.0. The summed E-state index contributed by atoms with van der Waals surface area (Å²) in [5, 5.41) is 7.96. The lowest BCUT2D eigenvalue weighted by Gasteiger charge is -2.35. The molecule has 3 rings (SSSR count). The monoisotopic (exact) mass is 431 g/mol. The molecule has 8 nitrogen and oxygen atoms in total. The van der Waals surface area contributed by atoms with E-state index < -0.39 is 10.0 Å². The van der Waals surface area contributed by atoms with Gasteiger partial charge in [0.25, 0.3) is 5.91 Å². The first-order chi connectivity index (χ1) is 14.3. The highest BCUT2D eigenvalue weighted by Gasteiger charge is 2.23. The molecule has 0 unspecified atom stereocenters. The fourth-order valence-corrected chi connectivity index (χ4v) is 4.48. The number of nitrogens with zero attached hydrogens (tertiary/aromatic N) is 3. The number of sulfonamides is 1. The Balaban J connectivity index is 1.80. The molecule has 1 aliphatic rings. The first kappa shape index (κ1) is 22.2. The van der Waals surface area contributed by atoms with Gasteiger partial charge in [-0.3, -0.25) is 4.79 Å². The van der Waals surface area contributed by atoms with E-state index in [9.17, 15) is 13.2 Å². The number of nitrogens with two attached hydrogens (primary N) is 1. The molecule has 0 aliphatic heterocycles. The minimum atomic E-state index is -3.79. The lowest BCUT2D eigenvalue weighted by atomic mass is 9.94. The van der Waals surface area contributed by atoms with Gasteiger partial charge in [0.15, 0.2) is 0 Å². The van der Waals surface area contributed by atoms with Crippen LogP contribution in [0.1, 0.15) is 61.5 Å². The van der Waals surface area contributed by atoms with Gasteiger partial charge < -0.3 is 10.2 Å². The number of benzene rings is 1. The predicted octanol–water partition coefficient (Wildman–Crippen LogP) is 3.23. The van der Waals surface area contributed by atoms with Crippen molar-refractivity contribution in [2.75, 3.05) is 16.8 Å². The molecule has 1 saturated carbocycles. The van der Waals surface area contributed by atoms with Crippen LogP contribution in [0.15, 0.2) is 35.5 Å². The Morgan fingerprint density at radius 3 is 2.57 bits per heavy atom. The molecule has 1 aromatic heterocycles. The molecule has 0 saturated heterocycles. The third-order valence-electron chi connectivity index (χ3n) is 5.43. The van der Waals surface area contributed by atoms with Crippen molar-refractivity contribution in [3.8, 4) is 0 Å². The van der Waals surface area contributed by atoms with Gasteiger partial charge in [-0.25, -0.2) is 23.5 Å². The van der Waals surface area contributed by atoms with Crippen molar-refractivity contribution < 1.29 is 13.2 Å². The summed E-state index contributed by atoms with van der Waals surface area (Å²) in [6, 6.07) is 6.50. The molecule has 1 heterocycles. The molecule has 2 aromatic rings. The zero-order chi connectivity index (χ0) is 21.7. The molecule has 1 fully saturated rings. The first-order valence-electron chi connectivity index (χ1n) is 10.3. The van der Waals surface area contributed by atoms with E-state index >= 15 is 0 Å². The van der Waals surface area contributed by atoms with E-state index in [1.54, 1.807) is 13.0 Å². The second kappa shape index (κ2) is 9.53. The van der Waals surface area contributed by atoms with Crippen LogP contribution in [0, 0.1) is 6.92 Å². The summed E-state index contributed by atoms with van der Waals surface area (Å²) in [4.78, 5) is 23.7. The van der Waals surface area contributed by atoms with Crippen molar-refractivity contribution in [1.29, 1.82) is 0 Å². The average Bonchev–Trinajstić information content (AvgIpc) is 2.73. The summed E-state index contributed by atoms with van der Waals surface area (Å²) in [6.45, 7) is 4.73. The Bertz CT molecular complexity index is 1000. The van der Waals surface area contributed by atoms with Crippen molar-refractivity contribution in [3.05, 3.63) is 41.9 Å². The molecule has 9 heteroatoms. The predicted molar refractivity (Wildman–Crippen MR) is 117 cm³/mol. The van der Waals surface area contributed by atoms with Crippen molar-refractivity contribution in [2.45, 2.75) is 63.3 Å². The van der Waals surface area contributed by atoms with Gasteiger partial charge in [-0.2, -0.15) is 0 Å². The van der Waals surface area contributed by atoms with Gasteiger partial charge >= 0.3 is 0 Å². The van der Waals surface area contributed by atoms with Gasteiger partial charge in [-0.15, -0.1) is 0 Å². The smallest absolute Gasteiger partial charge is 0.274 e. The zero-order valence-electron chi connectivity index (χ0n) is 17.5. The SMILES string of the molecule is CCCN(c1cc(C(=O)Nc2ccc(S(N)(=O)=O)cc2C)ncn1)C1CCCCC1. The lowest BCUT2D eigenvalue weighted by Crippen LogP contribution is -2.38. The highest BCUT2D eigenvalue weighted by Crippen LogP contribution is 2.27. The number of carbonyl (C=O) groups excluding carboxylic acids is 1. The van der Waals surface area contributed by atoms with Crippen LogP contribution in [-0.2, 0) is 10.0 Å². The summed E-state index contributed by atoms with van der Waals surface area (Å²) >= 11 is 0. The fraction of sp³-hybridized carbons (Fsp3) is 0.476. The van der Waals surface area contributed by atoms with E-state index in [1.807, 2.05) is 0 Å². The molecule has 3 N–H and O–H groups in total. The third-order valence-corrected chi connectivity index (χ3v) is 6.35. The fourth-order valence-electron chi connectivity index (χ4n) is 3.89. The maximum atomic E-state index is 12.8. The number of anilines is 2. The van der Waals surface area contributed by atoms with Gasteiger partial charge in [0.1, 0.15) is 17.8 Å². The summed E-state index contributed by atoms with van der Waals surface area (Å²) in [6.07, 6.45) is 8.41. The standard InChI is InChI=1S/C21H29N5O3S/c1-3-11-26(16-7-5-4-6-8-16)20-13-19(23-14-24-20)21(27)25-18-10-9-17(12-15(18)2)30(22,28)29/h9-10,12-14,16H,3-8,11H2,1-2H3,(H,25,27)(H2,22,28,29). The Morgan fingerprint density at radius 1 is 1.20 bits per heavy atom. The number of amides is 1. The van der Waals surface area contributed by atoms with Gasteiger partial charge in [-0.1, -0.05) is 26.2 Å². The molecule has 162 valence electrons. The average molecular weight is 432 g/mol. The van der Waals surface area contributed by atoms with E-state index in [0.29, 0.717) is 17.3 Å². The van der Waals surface area contributed by atoms with Crippen LogP contribution >= 0.6 is 0 Å². The summed E-state index contributed by atoms with van der Waals surface area (Å²) in [5.41, 5.74) is 1.37. The molecule has 0 atom stereocenters. The quantitative estimate of drug-likeness (QED) is 0.695. The Morgan fingerprint density at radius 2 is 1.93 bits per heavy atom. The van der Waals surface area contributed by atoms with Crippen molar-refractivity contribution >= 4 is 27.4 Å². The molecular weight excluding hydrogens is 402 g/mol. The number of hydrogen-bond acceptors (Lipinski definition) is 6. The number of primary sulfonamides is 1. The van der Waals surface area contributed by atoms with Gasteiger partial charge in [0.2, 0.25) is 10.0 Å². The molecule has 0 bridgehead atoms. The van der Waals surface area contributed by atoms with Crippen LogP contribution in [0.5, 0.6) is 0 Å². The second-order valence-corrected chi connectivity index (χ2v) is 9.28. The number of aryl methyl sites for hydroxylation is 1. The summed E-state index contributed by atoms with van der Waals surface area (Å²) in [7, 11) is -3.79. The third kappa shape index (κ3) is 5.34. The maximum absolute atomic E-state index is 12.8. The van der Waals surface area contributed by atoms with Crippen LogP contribution in [0.4, 0.5) is 11.5 Å². The number of nitrogens with one attached hydrogen (secondary N) is 1. The highest BCUT2D eigenvalue weighted by atomic mass is 32.2. The lowest BCUT2D eigenvalue weighted by molar-refractivity contribution is 0.102. The van der Waals surface area contributed by atoms with Gasteiger partial charge in [0.05, 0.1) is 4.90 Å². The Kier molecular flexibility index (Phi) is 7.04. The van der Waals surface area contributed by atoms with Crippen LogP contribution in [0.25, 0.3) is 0 Å². The molecule has 1 aliphatic carbocycles. The number of rotatable bonds is 7. The minimum absolute atomic E-state index is 0.00464. The molecule has 30 heavy (non-hydrogen) atoms. The van der Waals surface area contributed by atoms with Crippen LogP contribution in [0.3, 0.4) is 0 Å². The topological polar surface area (TPSA) is 118 Å². The van der Waals surface area contributed by atoms with E-state index in [-0.39, 0.29) is 16.5 Å². The molecule has 1 amide bonds. The van der Waals surface area contributed by atoms with Crippen molar-refractivity contribution in [2.24, 2.45) is 5.14 Å². The van der Waals surface area contributed by atoms with Crippen LogP contribution in [0.2, 0.25) is 0 Å². The maximum Gasteiger partial charge on any atom is 0.274 e. The van der Waals surface area contributed by atoms with Crippen molar-refractivity contribution in [3.63, 3.8) is 0 Å². The van der Waals surface area contributed by atoms with Crippen LogP contribution < -0.4 is 15.4 Å². The van der Waals surface area contributed by atoms with E-state index in [0.717, 1.165) is 31.6 Å². The Hall–Kier alpha value is -2.52. The molecule has 0 radical (unpaired) electrons. The van der Waals surface area contributed by atoms with E-state index in [4.69, 9.17) is 5.14 Å². The minimum Gasteiger partial charge on any atom is -0.354 e. The largest absolute Gasteiger partial charge is 0.354 e. The summed E-state index contributed by atoms with van der Waals surface area (Å²) < 4.78 is 23.0. The first-order valence-corrected chi connectivity index (χ1v) is 11.9.